The van der Waals surface area contributed by atoms with Crippen molar-refractivity contribution in [3.63, 3.8) is 0 Å². The Kier molecular flexibility index (Phi) is 38.4. The summed E-state index contributed by atoms with van der Waals surface area (Å²) in [6.07, 6.45) is 42.0. The molecule has 0 saturated carbocycles. The lowest BCUT2D eigenvalue weighted by molar-refractivity contribution is -0.154. The summed E-state index contributed by atoms with van der Waals surface area (Å²) < 4.78 is 33.3. The van der Waals surface area contributed by atoms with E-state index in [4.69, 9.17) is 24.3 Å². The lowest BCUT2D eigenvalue weighted by Gasteiger charge is -2.20. The lowest BCUT2D eigenvalue weighted by atomic mass is 10.1. The molecule has 0 aromatic carbocycles. The SMILES string of the molecule is CCCCCCC/C=C\C/C=C\CCCCCCCCCCCCOCC(COP(=O)(O)OCCN)OC(=O)CCCCCCCCCCC. The van der Waals surface area contributed by atoms with Crippen LogP contribution >= 0.6 is 7.82 Å². The molecule has 0 aliphatic heterocycles. The van der Waals surface area contributed by atoms with E-state index in [2.05, 4.69) is 38.2 Å². The quantitative estimate of drug-likeness (QED) is 0.0277. The van der Waals surface area contributed by atoms with Crippen LogP contribution in [-0.4, -0.2) is 49.9 Å². The molecule has 0 fully saturated rings. The summed E-state index contributed by atoms with van der Waals surface area (Å²) in [5.74, 6) is -0.334. The Bertz CT molecular complexity index is 823. The summed E-state index contributed by atoms with van der Waals surface area (Å²) in [5.41, 5.74) is 5.35. The van der Waals surface area contributed by atoms with E-state index in [0.717, 1.165) is 38.5 Å². The summed E-state index contributed by atoms with van der Waals surface area (Å²) in [7, 11) is -4.27. The fourth-order valence-corrected chi connectivity index (χ4v) is 6.56. The van der Waals surface area contributed by atoms with Gasteiger partial charge < -0.3 is 20.1 Å². The highest BCUT2D eigenvalue weighted by Crippen LogP contribution is 2.43. The minimum atomic E-state index is -4.27. The number of unbranched alkanes of at least 4 members (excludes halogenated alkanes) is 23. The highest BCUT2D eigenvalue weighted by molar-refractivity contribution is 7.47. The molecule has 8 nitrogen and oxygen atoms in total. The Morgan fingerprint density at radius 2 is 1.06 bits per heavy atom. The van der Waals surface area contributed by atoms with Crippen LogP contribution in [0, 0.1) is 0 Å². The number of hydrogen-bond donors (Lipinski definition) is 2. The molecule has 0 spiro atoms. The first-order valence-electron chi connectivity index (χ1n) is 20.8. The van der Waals surface area contributed by atoms with E-state index >= 15 is 0 Å². The monoisotopic (exact) mass is 730 g/mol. The molecular weight excluding hydrogens is 649 g/mol. The van der Waals surface area contributed by atoms with E-state index in [1.54, 1.807) is 0 Å². The van der Waals surface area contributed by atoms with E-state index in [1.165, 1.54) is 135 Å². The van der Waals surface area contributed by atoms with E-state index in [0.29, 0.717) is 13.0 Å². The van der Waals surface area contributed by atoms with Gasteiger partial charge >= 0.3 is 13.8 Å². The van der Waals surface area contributed by atoms with Crippen molar-refractivity contribution < 1.29 is 32.8 Å². The number of allylic oxidation sites excluding steroid dienone is 4. The second kappa shape index (κ2) is 39.2. The second-order valence-corrected chi connectivity index (χ2v) is 15.3. The lowest BCUT2D eigenvalue weighted by Crippen LogP contribution is -2.28. The Balaban J connectivity index is 3.92. The number of carbonyl (C=O) groups excluding carboxylic acids is 1. The third kappa shape index (κ3) is 38.2. The number of nitrogens with two attached hydrogens (primary N) is 1. The molecule has 0 amide bonds. The third-order valence-electron chi connectivity index (χ3n) is 8.87. The summed E-state index contributed by atoms with van der Waals surface area (Å²) in [4.78, 5) is 22.3. The van der Waals surface area contributed by atoms with Crippen molar-refractivity contribution in [3.05, 3.63) is 24.3 Å². The Morgan fingerprint density at radius 3 is 1.56 bits per heavy atom. The predicted molar refractivity (Wildman–Crippen MR) is 210 cm³/mol. The van der Waals surface area contributed by atoms with E-state index in [-0.39, 0.29) is 32.3 Å². The van der Waals surface area contributed by atoms with Crippen molar-refractivity contribution in [2.75, 3.05) is 33.0 Å². The molecule has 0 rings (SSSR count). The first-order chi connectivity index (χ1) is 24.4. The minimum absolute atomic E-state index is 0.0943. The molecule has 0 saturated heterocycles. The third-order valence-corrected chi connectivity index (χ3v) is 9.86. The van der Waals surface area contributed by atoms with Crippen LogP contribution in [0.3, 0.4) is 0 Å². The van der Waals surface area contributed by atoms with E-state index in [9.17, 15) is 14.3 Å². The molecule has 50 heavy (non-hydrogen) atoms. The average Bonchev–Trinajstić information content (AvgIpc) is 3.10. The van der Waals surface area contributed by atoms with Crippen molar-refractivity contribution in [2.24, 2.45) is 5.73 Å². The number of hydrogen-bond acceptors (Lipinski definition) is 7. The molecule has 0 radical (unpaired) electrons. The molecule has 0 bridgehead atoms. The number of phosphoric ester groups is 1. The van der Waals surface area contributed by atoms with Gasteiger partial charge in [-0.05, 0) is 44.9 Å². The maximum Gasteiger partial charge on any atom is 0.472 e. The molecule has 2 atom stereocenters. The number of carbonyl (C=O) groups is 1. The van der Waals surface area contributed by atoms with Crippen molar-refractivity contribution in [2.45, 2.75) is 200 Å². The maximum absolute atomic E-state index is 12.5. The van der Waals surface area contributed by atoms with Gasteiger partial charge in [0.05, 0.1) is 19.8 Å². The largest absolute Gasteiger partial charge is 0.472 e. The predicted octanol–water partition coefficient (Wildman–Crippen LogP) is 12.1. The van der Waals surface area contributed by atoms with Gasteiger partial charge in [0, 0.05) is 19.6 Å². The molecule has 0 aromatic heterocycles. The number of esters is 1. The minimum Gasteiger partial charge on any atom is -0.457 e. The smallest absolute Gasteiger partial charge is 0.457 e. The molecular formula is C41H80NO7P. The highest BCUT2D eigenvalue weighted by Gasteiger charge is 2.25. The van der Waals surface area contributed by atoms with Gasteiger partial charge in [-0.3, -0.25) is 13.8 Å². The molecule has 0 aliphatic rings. The molecule has 0 aromatic rings. The van der Waals surface area contributed by atoms with Gasteiger partial charge in [-0.15, -0.1) is 0 Å². The van der Waals surface area contributed by atoms with Gasteiger partial charge in [-0.1, -0.05) is 167 Å². The summed E-state index contributed by atoms with van der Waals surface area (Å²) in [6, 6.07) is 0. The Morgan fingerprint density at radius 1 is 0.600 bits per heavy atom. The molecule has 9 heteroatoms. The van der Waals surface area contributed by atoms with Gasteiger partial charge in [-0.25, -0.2) is 4.57 Å². The van der Waals surface area contributed by atoms with Crippen molar-refractivity contribution in [3.8, 4) is 0 Å². The maximum atomic E-state index is 12.5. The van der Waals surface area contributed by atoms with Gasteiger partial charge in [0.2, 0.25) is 0 Å². The van der Waals surface area contributed by atoms with Gasteiger partial charge in [0.25, 0.3) is 0 Å². The zero-order valence-electron chi connectivity index (χ0n) is 32.6. The fourth-order valence-electron chi connectivity index (χ4n) is 5.79. The topological polar surface area (TPSA) is 117 Å². The molecule has 0 aliphatic carbocycles. The van der Waals surface area contributed by atoms with Crippen LogP contribution in [0.2, 0.25) is 0 Å². The first kappa shape index (κ1) is 49.0. The van der Waals surface area contributed by atoms with Crippen LogP contribution in [0.5, 0.6) is 0 Å². The number of rotatable bonds is 40. The van der Waals surface area contributed by atoms with Crippen molar-refractivity contribution >= 4 is 13.8 Å². The zero-order chi connectivity index (χ0) is 36.6. The summed E-state index contributed by atoms with van der Waals surface area (Å²) in [6.45, 7) is 4.90. The Hall–Kier alpha value is -1.02. The second-order valence-electron chi connectivity index (χ2n) is 13.9. The molecule has 3 N–H and O–H groups in total. The standard InChI is InChI=1S/C41H80NO7P/c1-3-5-7-9-11-13-14-15-16-17-18-19-20-21-22-23-24-25-27-29-31-33-36-46-38-40(39-48-50(44,45)47-37-35-42)49-41(43)34-32-30-28-26-12-10-8-6-4-2/h14-15,17-18,40H,3-13,16,19-39,42H2,1-2H3,(H,44,45)/b15-14-,18-17-. The fraction of sp³-hybridized carbons (Fsp3) is 0.878. The normalized spacial score (nSPS) is 13.8. The van der Waals surface area contributed by atoms with Crippen LogP contribution in [0.25, 0.3) is 0 Å². The van der Waals surface area contributed by atoms with Gasteiger partial charge in [-0.2, -0.15) is 0 Å². The number of ether oxygens (including phenoxy) is 2. The summed E-state index contributed by atoms with van der Waals surface area (Å²) >= 11 is 0. The Labute approximate surface area is 308 Å². The average molecular weight is 730 g/mol. The van der Waals surface area contributed by atoms with Crippen LogP contribution in [0.4, 0.5) is 0 Å². The van der Waals surface area contributed by atoms with Crippen molar-refractivity contribution in [1.29, 1.82) is 0 Å². The molecule has 2 unspecified atom stereocenters. The first-order valence-corrected chi connectivity index (χ1v) is 22.3. The number of phosphoric acid groups is 1. The van der Waals surface area contributed by atoms with Crippen molar-refractivity contribution in [1.82, 2.24) is 0 Å². The van der Waals surface area contributed by atoms with Gasteiger partial charge in [0.15, 0.2) is 0 Å². The van der Waals surface area contributed by atoms with Crippen LogP contribution in [0.1, 0.15) is 194 Å². The van der Waals surface area contributed by atoms with E-state index in [1.807, 2.05) is 0 Å². The van der Waals surface area contributed by atoms with Crippen LogP contribution in [0.15, 0.2) is 24.3 Å². The molecule has 0 heterocycles. The summed E-state index contributed by atoms with van der Waals surface area (Å²) in [5, 5.41) is 0. The highest BCUT2D eigenvalue weighted by atomic mass is 31.2. The van der Waals surface area contributed by atoms with Gasteiger partial charge in [0.1, 0.15) is 6.10 Å². The van der Waals surface area contributed by atoms with Crippen LogP contribution < -0.4 is 5.73 Å². The molecule has 296 valence electrons. The van der Waals surface area contributed by atoms with E-state index < -0.39 is 13.9 Å². The van der Waals surface area contributed by atoms with Crippen LogP contribution in [-0.2, 0) is 27.9 Å². The zero-order valence-corrected chi connectivity index (χ0v) is 33.5.